The van der Waals surface area contributed by atoms with E-state index in [-0.39, 0.29) is 5.91 Å². The Hall–Kier alpha value is -1.83. The standard InChI is InChI=1S/C18H21NO/c1-19(17-9-3-2-4-10-17)18(20)16-12-11-14-7-5-6-8-15(14)13-16/h5-8,11-13,17H,2-4,9-10H2,1H3. The molecule has 1 aliphatic carbocycles. The maximum absolute atomic E-state index is 12.6. The van der Waals surface area contributed by atoms with Crippen molar-refractivity contribution in [2.45, 2.75) is 38.1 Å². The third-order valence-electron chi connectivity index (χ3n) is 4.44. The van der Waals surface area contributed by atoms with Gasteiger partial charge in [-0.25, -0.2) is 0 Å². The minimum Gasteiger partial charge on any atom is -0.339 e. The molecule has 0 unspecified atom stereocenters. The third kappa shape index (κ3) is 2.55. The molecule has 1 aliphatic rings. The van der Waals surface area contributed by atoms with E-state index in [9.17, 15) is 4.79 Å². The van der Waals surface area contributed by atoms with E-state index < -0.39 is 0 Å². The van der Waals surface area contributed by atoms with E-state index in [1.54, 1.807) is 0 Å². The Labute approximate surface area is 120 Å². The quantitative estimate of drug-likeness (QED) is 0.796. The number of nitrogens with zero attached hydrogens (tertiary/aromatic N) is 1. The highest BCUT2D eigenvalue weighted by Crippen LogP contribution is 2.24. The molecule has 0 aromatic heterocycles. The van der Waals surface area contributed by atoms with Gasteiger partial charge in [-0.15, -0.1) is 0 Å². The first kappa shape index (κ1) is 13.2. The number of carbonyl (C=O) groups is 1. The second kappa shape index (κ2) is 5.66. The van der Waals surface area contributed by atoms with Crippen LogP contribution in [0.5, 0.6) is 0 Å². The Morgan fingerprint density at radius 1 is 1.00 bits per heavy atom. The maximum Gasteiger partial charge on any atom is 0.253 e. The van der Waals surface area contributed by atoms with Crippen molar-refractivity contribution in [3.63, 3.8) is 0 Å². The van der Waals surface area contributed by atoms with Gasteiger partial charge in [0.05, 0.1) is 0 Å². The molecule has 1 saturated carbocycles. The second-order valence-electron chi connectivity index (χ2n) is 5.77. The van der Waals surface area contributed by atoms with E-state index >= 15 is 0 Å². The zero-order chi connectivity index (χ0) is 13.9. The Kier molecular flexibility index (Phi) is 3.72. The predicted octanol–water partition coefficient (Wildman–Crippen LogP) is 4.24. The lowest BCUT2D eigenvalue weighted by molar-refractivity contribution is 0.0696. The van der Waals surface area contributed by atoms with Crippen LogP contribution in [0.3, 0.4) is 0 Å². The summed E-state index contributed by atoms with van der Waals surface area (Å²) in [4.78, 5) is 14.6. The van der Waals surface area contributed by atoms with Crippen molar-refractivity contribution < 1.29 is 4.79 Å². The van der Waals surface area contributed by atoms with E-state index in [0.717, 1.165) is 23.8 Å². The Balaban J connectivity index is 1.83. The molecule has 2 aromatic rings. The van der Waals surface area contributed by atoms with Gasteiger partial charge in [-0.1, -0.05) is 49.6 Å². The van der Waals surface area contributed by atoms with Crippen LogP contribution in [0.2, 0.25) is 0 Å². The molecule has 2 heteroatoms. The normalized spacial score (nSPS) is 16.2. The average molecular weight is 267 g/mol. The zero-order valence-corrected chi connectivity index (χ0v) is 12.0. The van der Waals surface area contributed by atoms with Crippen molar-refractivity contribution in [1.82, 2.24) is 4.90 Å². The summed E-state index contributed by atoms with van der Waals surface area (Å²) >= 11 is 0. The monoisotopic (exact) mass is 267 g/mol. The summed E-state index contributed by atoms with van der Waals surface area (Å²) in [5, 5.41) is 2.32. The molecule has 0 saturated heterocycles. The van der Waals surface area contributed by atoms with Crippen molar-refractivity contribution in [2.75, 3.05) is 7.05 Å². The number of benzene rings is 2. The van der Waals surface area contributed by atoms with Crippen LogP contribution in [0.15, 0.2) is 42.5 Å². The van der Waals surface area contributed by atoms with Crippen LogP contribution in [0, 0.1) is 0 Å². The number of carbonyl (C=O) groups excluding carboxylic acids is 1. The summed E-state index contributed by atoms with van der Waals surface area (Å²) < 4.78 is 0. The summed E-state index contributed by atoms with van der Waals surface area (Å²) in [5.74, 6) is 0.155. The molecule has 0 atom stereocenters. The SMILES string of the molecule is CN(C(=O)c1ccc2ccccc2c1)C1CCCCC1. The Bertz CT molecular complexity index is 614. The van der Waals surface area contributed by atoms with Gasteiger partial charge in [0.2, 0.25) is 0 Å². The number of fused-ring (bicyclic) bond motifs is 1. The van der Waals surface area contributed by atoms with Gasteiger partial charge < -0.3 is 4.90 Å². The zero-order valence-electron chi connectivity index (χ0n) is 12.0. The summed E-state index contributed by atoms with van der Waals surface area (Å²) in [7, 11) is 1.95. The highest BCUT2D eigenvalue weighted by atomic mass is 16.2. The molecular formula is C18H21NO. The van der Waals surface area contributed by atoms with Gasteiger partial charge in [-0.2, -0.15) is 0 Å². The molecule has 1 amide bonds. The minimum absolute atomic E-state index is 0.155. The molecule has 3 rings (SSSR count). The second-order valence-corrected chi connectivity index (χ2v) is 5.77. The number of hydrogen-bond donors (Lipinski definition) is 0. The summed E-state index contributed by atoms with van der Waals surface area (Å²) in [6.07, 6.45) is 6.11. The van der Waals surface area contributed by atoms with Gasteiger partial charge in [0.1, 0.15) is 0 Å². The molecule has 2 aromatic carbocycles. The van der Waals surface area contributed by atoms with Gasteiger partial charge in [-0.3, -0.25) is 4.79 Å². The third-order valence-corrected chi connectivity index (χ3v) is 4.44. The lowest BCUT2D eigenvalue weighted by Crippen LogP contribution is -2.38. The lowest BCUT2D eigenvalue weighted by Gasteiger charge is -2.31. The van der Waals surface area contributed by atoms with Crippen LogP contribution >= 0.6 is 0 Å². The summed E-state index contributed by atoms with van der Waals surface area (Å²) in [6.45, 7) is 0. The molecule has 20 heavy (non-hydrogen) atoms. The van der Waals surface area contributed by atoms with Gasteiger partial charge in [0, 0.05) is 18.7 Å². The van der Waals surface area contributed by atoms with E-state index in [1.807, 2.05) is 42.3 Å². The lowest BCUT2D eigenvalue weighted by atomic mass is 9.94. The molecular weight excluding hydrogens is 246 g/mol. The van der Waals surface area contributed by atoms with Crippen LogP contribution in [-0.2, 0) is 0 Å². The predicted molar refractivity (Wildman–Crippen MR) is 82.9 cm³/mol. The molecule has 0 N–H and O–H groups in total. The first-order valence-electron chi connectivity index (χ1n) is 7.52. The van der Waals surface area contributed by atoms with Crippen molar-refractivity contribution in [3.8, 4) is 0 Å². The van der Waals surface area contributed by atoms with Crippen LogP contribution in [0.1, 0.15) is 42.5 Å². The first-order valence-corrected chi connectivity index (χ1v) is 7.52. The summed E-state index contributed by atoms with van der Waals surface area (Å²) in [6, 6.07) is 14.6. The minimum atomic E-state index is 0.155. The molecule has 0 radical (unpaired) electrons. The van der Waals surface area contributed by atoms with E-state index in [2.05, 4.69) is 12.1 Å². The van der Waals surface area contributed by atoms with Crippen molar-refractivity contribution >= 4 is 16.7 Å². The van der Waals surface area contributed by atoms with Crippen molar-refractivity contribution in [3.05, 3.63) is 48.0 Å². The van der Waals surface area contributed by atoms with Crippen LogP contribution in [0.25, 0.3) is 10.8 Å². The highest BCUT2D eigenvalue weighted by molar-refractivity contribution is 5.98. The molecule has 0 spiro atoms. The maximum atomic E-state index is 12.6. The molecule has 104 valence electrons. The Morgan fingerprint density at radius 2 is 1.70 bits per heavy atom. The van der Waals surface area contributed by atoms with Gasteiger partial charge in [0.15, 0.2) is 0 Å². The number of rotatable bonds is 2. The summed E-state index contributed by atoms with van der Waals surface area (Å²) in [5.41, 5.74) is 0.803. The number of amides is 1. The van der Waals surface area contributed by atoms with E-state index in [1.165, 1.54) is 24.6 Å². The van der Waals surface area contributed by atoms with Crippen molar-refractivity contribution in [2.24, 2.45) is 0 Å². The van der Waals surface area contributed by atoms with Crippen LogP contribution in [0.4, 0.5) is 0 Å². The van der Waals surface area contributed by atoms with Gasteiger partial charge in [0.25, 0.3) is 5.91 Å². The highest BCUT2D eigenvalue weighted by Gasteiger charge is 2.22. The van der Waals surface area contributed by atoms with Crippen LogP contribution < -0.4 is 0 Å². The average Bonchev–Trinajstić information content (AvgIpc) is 2.54. The first-order chi connectivity index (χ1) is 9.75. The van der Waals surface area contributed by atoms with E-state index in [0.29, 0.717) is 6.04 Å². The molecule has 0 aliphatic heterocycles. The molecule has 0 bridgehead atoms. The topological polar surface area (TPSA) is 20.3 Å². The van der Waals surface area contributed by atoms with E-state index in [4.69, 9.17) is 0 Å². The Morgan fingerprint density at radius 3 is 2.45 bits per heavy atom. The fourth-order valence-electron chi connectivity index (χ4n) is 3.16. The number of hydrogen-bond acceptors (Lipinski definition) is 1. The fraction of sp³-hybridized carbons (Fsp3) is 0.389. The van der Waals surface area contributed by atoms with Gasteiger partial charge in [-0.05, 0) is 35.7 Å². The largest absolute Gasteiger partial charge is 0.339 e. The molecule has 2 nitrogen and oxygen atoms in total. The van der Waals surface area contributed by atoms with Crippen LogP contribution in [-0.4, -0.2) is 23.9 Å². The van der Waals surface area contributed by atoms with Gasteiger partial charge >= 0.3 is 0 Å². The fourth-order valence-corrected chi connectivity index (χ4v) is 3.16. The molecule has 0 heterocycles. The molecule has 1 fully saturated rings. The smallest absolute Gasteiger partial charge is 0.253 e. The van der Waals surface area contributed by atoms with Crippen molar-refractivity contribution in [1.29, 1.82) is 0 Å².